The van der Waals surface area contributed by atoms with E-state index in [4.69, 9.17) is 9.47 Å². The number of methoxy groups -OCH3 is 1. The summed E-state index contributed by atoms with van der Waals surface area (Å²) in [5.41, 5.74) is 0.884. The molecule has 0 bridgehead atoms. The van der Waals surface area contributed by atoms with E-state index >= 15 is 0 Å². The number of aliphatic hydroxyl groups is 1. The molecule has 3 N–H and O–H groups in total. The van der Waals surface area contributed by atoms with Crippen LogP contribution in [0.15, 0.2) is 23.2 Å². The van der Waals surface area contributed by atoms with Gasteiger partial charge in [-0.1, -0.05) is 13.3 Å². The fourth-order valence-electron chi connectivity index (χ4n) is 2.60. The molecule has 1 rings (SSSR count). The minimum Gasteiger partial charge on any atom is -0.493 e. The molecule has 0 spiro atoms. The first-order valence-corrected chi connectivity index (χ1v) is 9.15. The molecular weight excluding hydrogens is 318 g/mol. The van der Waals surface area contributed by atoms with Crippen molar-refractivity contribution in [3.63, 3.8) is 0 Å². The third-order valence-corrected chi connectivity index (χ3v) is 3.81. The van der Waals surface area contributed by atoms with E-state index in [9.17, 15) is 5.11 Å². The van der Waals surface area contributed by atoms with Gasteiger partial charge in [0.2, 0.25) is 0 Å². The third-order valence-electron chi connectivity index (χ3n) is 3.81. The second-order valence-corrected chi connectivity index (χ2v) is 5.81. The average Bonchev–Trinajstić information content (AvgIpc) is 2.61. The van der Waals surface area contributed by atoms with Crippen LogP contribution in [0.5, 0.6) is 11.5 Å². The molecule has 0 fully saturated rings. The van der Waals surface area contributed by atoms with Crippen LogP contribution in [0.4, 0.5) is 5.69 Å². The van der Waals surface area contributed by atoms with E-state index in [1.54, 1.807) is 7.11 Å². The van der Waals surface area contributed by atoms with Crippen LogP contribution < -0.4 is 20.1 Å². The molecule has 142 valence electrons. The number of hydrogen-bond acceptors (Lipinski definition) is 4. The zero-order chi connectivity index (χ0) is 18.5. The number of anilines is 1. The number of hydrogen-bond donors (Lipinski definition) is 3. The van der Waals surface area contributed by atoms with Crippen LogP contribution >= 0.6 is 0 Å². The number of aliphatic hydroxyl groups excluding tert-OH is 1. The molecule has 0 amide bonds. The number of ether oxygens (including phenoxy) is 2. The topological polar surface area (TPSA) is 75.1 Å². The van der Waals surface area contributed by atoms with Gasteiger partial charge < -0.3 is 25.2 Å². The molecule has 1 unspecified atom stereocenters. The van der Waals surface area contributed by atoms with Crippen molar-refractivity contribution in [1.29, 1.82) is 0 Å². The van der Waals surface area contributed by atoms with Gasteiger partial charge in [-0.15, -0.1) is 0 Å². The molecule has 0 aromatic heterocycles. The summed E-state index contributed by atoms with van der Waals surface area (Å²) in [6.45, 7) is 8.41. The minimum absolute atomic E-state index is 0.209. The standard InChI is InChI=1S/C19H33N3O3/c1-5-8-15(11-12-23)14-21-19(20-6-2)22-16-9-10-17(25-7-3)18(13-16)24-4/h9-10,13,15,23H,5-8,11-12,14H2,1-4H3,(H2,20,21,22). The second-order valence-electron chi connectivity index (χ2n) is 5.81. The number of nitrogens with zero attached hydrogens (tertiary/aromatic N) is 1. The van der Waals surface area contributed by atoms with Crippen LogP contribution in [0.25, 0.3) is 0 Å². The fourth-order valence-corrected chi connectivity index (χ4v) is 2.60. The lowest BCUT2D eigenvalue weighted by Gasteiger charge is -2.16. The fraction of sp³-hybridized carbons (Fsp3) is 0.632. The number of nitrogens with one attached hydrogen (secondary N) is 2. The summed E-state index contributed by atoms with van der Waals surface area (Å²) in [4.78, 5) is 4.67. The molecule has 1 aromatic carbocycles. The summed E-state index contributed by atoms with van der Waals surface area (Å²) >= 11 is 0. The smallest absolute Gasteiger partial charge is 0.195 e. The number of aliphatic imine (C=N–C) groups is 1. The Hall–Kier alpha value is -1.95. The van der Waals surface area contributed by atoms with Crippen molar-refractivity contribution in [1.82, 2.24) is 5.32 Å². The highest BCUT2D eigenvalue weighted by Crippen LogP contribution is 2.30. The van der Waals surface area contributed by atoms with Gasteiger partial charge in [-0.05, 0) is 44.7 Å². The predicted octanol–water partition coefficient (Wildman–Crippen LogP) is 3.27. The Morgan fingerprint density at radius 1 is 1.20 bits per heavy atom. The molecule has 6 nitrogen and oxygen atoms in total. The first-order valence-electron chi connectivity index (χ1n) is 9.15. The Morgan fingerprint density at radius 2 is 2.00 bits per heavy atom. The maximum absolute atomic E-state index is 9.19. The molecule has 1 atom stereocenters. The SMILES string of the molecule is CCCC(CCO)CN=C(NCC)Nc1ccc(OCC)c(OC)c1. The quantitative estimate of drug-likeness (QED) is 0.421. The zero-order valence-electron chi connectivity index (χ0n) is 16.0. The molecule has 0 aliphatic heterocycles. The highest BCUT2D eigenvalue weighted by atomic mass is 16.5. The van der Waals surface area contributed by atoms with Gasteiger partial charge in [0.25, 0.3) is 0 Å². The van der Waals surface area contributed by atoms with Crippen LogP contribution in [-0.4, -0.2) is 44.5 Å². The van der Waals surface area contributed by atoms with Crippen molar-refractivity contribution in [3.8, 4) is 11.5 Å². The molecule has 0 aliphatic carbocycles. The lowest BCUT2D eigenvalue weighted by Crippen LogP contribution is -2.31. The van der Waals surface area contributed by atoms with Gasteiger partial charge in [-0.25, -0.2) is 0 Å². The first kappa shape index (κ1) is 21.1. The number of rotatable bonds is 11. The van der Waals surface area contributed by atoms with Gasteiger partial charge in [0.05, 0.1) is 13.7 Å². The summed E-state index contributed by atoms with van der Waals surface area (Å²) in [5.74, 6) is 2.54. The van der Waals surface area contributed by atoms with Gasteiger partial charge in [0.15, 0.2) is 17.5 Å². The van der Waals surface area contributed by atoms with E-state index in [2.05, 4.69) is 22.5 Å². The Morgan fingerprint density at radius 3 is 2.60 bits per heavy atom. The van der Waals surface area contributed by atoms with Crippen molar-refractivity contribution in [2.45, 2.75) is 40.0 Å². The predicted molar refractivity (Wildman–Crippen MR) is 104 cm³/mol. The maximum atomic E-state index is 9.19. The van der Waals surface area contributed by atoms with E-state index in [-0.39, 0.29) is 6.61 Å². The molecule has 0 heterocycles. The second kappa shape index (κ2) is 12.4. The molecule has 0 saturated carbocycles. The van der Waals surface area contributed by atoms with Gasteiger partial charge in [-0.3, -0.25) is 4.99 Å². The maximum Gasteiger partial charge on any atom is 0.195 e. The molecule has 0 aliphatic rings. The van der Waals surface area contributed by atoms with E-state index in [0.29, 0.717) is 24.8 Å². The van der Waals surface area contributed by atoms with Crippen molar-refractivity contribution < 1.29 is 14.6 Å². The molecule has 1 aromatic rings. The van der Waals surface area contributed by atoms with Gasteiger partial charge in [0.1, 0.15) is 0 Å². The Balaban J connectivity index is 2.83. The van der Waals surface area contributed by atoms with E-state index < -0.39 is 0 Å². The van der Waals surface area contributed by atoms with Crippen LogP contribution in [0.1, 0.15) is 40.0 Å². The van der Waals surface area contributed by atoms with Crippen molar-refractivity contribution in [2.24, 2.45) is 10.9 Å². The molecular formula is C19H33N3O3. The van der Waals surface area contributed by atoms with Crippen LogP contribution in [0, 0.1) is 5.92 Å². The van der Waals surface area contributed by atoms with Crippen LogP contribution in [0.3, 0.4) is 0 Å². The van der Waals surface area contributed by atoms with Crippen LogP contribution in [0.2, 0.25) is 0 Å². The number of benzene rings is 1. The van der Waals surface area contributed by atoms with Gasteiger partial charge >= 0.3 is 0 Å². The average molecular weight is 351 g/mol. The van der Waals surface area contributed by atoms with Crippen molar-refractivity contribution in [2.75, 3.05) is 38.7 Å². The lowest BCUT2D eigenvalue weighted by molar-refractivity contribution is 0.253. The van der Waals surface area contributed by atoms with Crippen LogP contribution in [-0.2, 0) is 0 Å². The van der Waals surface area contributed by atoms with Gasteiger partial charge in [-0.2, -0.15) is 0 Å². The number of guanidine groups is 1. The summed E-state index contributed by atoms with van der Waals surface area (Å²) in [6, 6.07) is 5.73. The normalized spacial score (nSPS) is 12.6. The lowest BCUT2D eigenvalue weighted by atomic mass is 10.0. The monoisotopic (exact) mass is 351 g/mol. The summed E-state index contributed by atoms with van der Waals surface area (Å²) < 4.78 is 10.9. The van der Waals surface area contributed by atoms with Gasteiger partial charge in [0, 0.05) is 31.5 Å². The summed E-state index contributed by atoms with van der Waals surface area (Å²) in [7, 11) is 1.63. The highest BCUT2D eigenvalue weighted by molar-refractivity contribution is 5.93. The molecule has 0 radical (unpaired) electrons. The summed E-state index contributed by atoms with van der Waals surface area (Å²) in [5, 5.41) is 15.7. The Bertz CT molecular complexity index is 515. The Kier molecular flexibility index (Phi) is 10.5. The zero-order valence-corrected chi connectivity index (χ0v) is 16.0. The van der Waals surface area contributed by atoms with Crippen molar-refractivity contribution in [3.05, 3.63) is 18.2 Å². The van der Waals surface area contributed by atoms with E-state index in [1.807, 2.05) is 32.0 Å². The summed E-state index contributed by atoms with van der Waals surface area (Å²) in [6.07, 6.45) is 2.95. The molecule has 0 saturated heterocycles. The minimum atomic E-state index is 0.209. The Labute approximate surface area is 151 Å². The van der Waals surface area contributed by atoms with E-state index in [1.165, 1.54) is 0 Å². The molecule has 25 heavy (non-hydrogen) atoms. The third kappa shape index (κ3) is 7.65. The van der Waals surface area contributed by atoms with E-state index in [0.717, 1.165) is 43.2 Å². The van der Waals surface area contributed by atoms with Crippen molar-refractivity contribution >= 4 is 11.6 Å². The molecule has 6 heteroatoms. The highest BCUT2D eigenvalue weighted by Gasteiger charge is 2.09. The largest absolute Gasteiger partial charge is 0.493 e. The first-order chi connectivity index (χ1) is 12.2.